The first-order valence-electron chi connectivity index (χ1n) is 12.9. The van der Waals surface area contributed by atoms with Gasteiger partial charge in [-0.2, -0.15) is 13.2 Å². The van der Waals surface area contributed by atoms with Gasteiger partial charge in [-0.3, -0.25) is 9.78 Å². The molecule has 0 N–H and O–H groups in total. The molecular formula is C29H30F3NO3S. The van der Waals surface area contributed by atoms with Crippen LogP contribution in [-0.4, -0.2) is 24.9 Å². The molecule has 2 aliphatic carbocycles. The van der Waals surface area contributed by atoms with Crippen molar-refractivity contribution in [2.75, 3.05) is 5.75 Å². The number of carbonyl (C=O) groups excluding carboxylic acids is 1. The van der Waals surface area contributed by atoms with Crippen LogP contribution in [0.1, 0.15) is 67.6 Å². The lowest BCUT2D eigenvalue weighted by molar-refractivity contribution is -0.136. The quantitative estimate of drug-likeness (QED) is 0.318. The molecule has 2 atom stereocenters. The van der Waals surface area contributed by atoms with E-state index in [4.69, 9.17) is 0 Å². The van der Waals surface area contributed by atoms with Gasteiger partial charge in [0.2, 0.25) is 0 Å². The topological polar surface area (TPSA) is 64.1 Å². The Labute approximate surface area is 215 Å². The van der Waals surface area contributed by atoms with Gasteiger partial charge < -0.3 is 0 Å². The van der Waals surface area contributed by atoms with Crippen molar-refractivity contribution in [1.82, 2.24) is 4.98 Å². The van der Waals surface area contributed by atoms with Crippen LogP contribution in [0.3, 0.4) is 0 Å². The van der Waals surface area contributed by atoms with Crippen molar-refractivity contribution < 1.29 is 26.4 Å². The van der Waals surface area contributed by atoms with Crippen molar-refractivity contribution in [1.29, 1.82) is 0 Å². The largest absolute Gasteiger partial charge is 0.418 e. The summed E-state index contributed by atoms with van der Waals surface area (Å²) >= 11 is 0. The van der Waals surface area contributed by atoms with E-state index in [9.17, 15) is 26.4 Å². The van der Waals surface area contributed by atoms with Gasteiger partial charge in [0.25, 0.3) is 0 Å². The Hall–Kier alpha value is -2.74. The molecule has 1 aromatic heterocycles. The molecule has 0 saturated heterocycles. The van der Waals surface area contributed by atoms with E-state index in [1.54, 1.807) is 36.4 Å². The number of carbonyl (C=O) groups is 1. The second kappa shape index (κ2) is 10.2. The number of nitrogens with zero attached hydrogens (tertiary/aromatic N) is 1. The van der Waals surface area contributed by atoms with Gasteiger partial charge in [0.05, 0.1) is 16.2 Å². The summed E-state index contributed by atoms with van der Waals surface area (Å²) in [4.78, 5) is 16.9. The Morgan fingerprint density at radius 3 is 2.41 bits per heavy atom. The third-order valence-electron chi connectivity index (χ3n) is 7.90. The van der Waals surface area contributed by atoms with Gasteiger partial charge in [-0.25, -0.2) is 8.42 Å². The van der Waals surface area contributed by atoms with Crippen LogP contribution in [-0.2, 0) is 27.2 Å². The van der Waals surface area contributed by atoms with Crippen LogP contribution in [0.5, 0.6) is 0 Å². The highest BCUT2D eigenvalue weighted by Gasteiger charge is 2.43. The molecule has 0 amide bonds. The molecule has 2 fully saturated rings. The van der Waals surface area contributed by atoms with Gasteiger partial charge in [0, 0.05) is 30.1 Å². The number of ketones is 1. The number of Topliss-reactive ketones (excluding diaryl/α,β-unsaturated/α-hetero) is 1. The molecule has 0 bridgehead atoms. The fraction of sp³-hybridized carbons (Fsp3) is 0.448. The van der Waals surface area contributed by atoms with Crippen LogP contribution in [0.2, 0.25) is 0 Å². The van der Waals surface area contributed by atoms with E-state index >= 15 is 0 Å². The zero-order valence-corrected chi connectivity index (χ0v) is 21.3. The first-order valence-corrected chi connectivity index (χ1v) is 14.6. The highest BCUT2D eigenvalue weighted by atomic mass is 32.2. The number of fused-ring (bicyclic) bond motifs is 1. The molecule has 2 saturated carbocycles. The number of pyridine rings is 1. The standard InChI is InChI=1S/C29H30F3NO3S/c30-29(31,32)27-18-33-17-22-7-6-20(14-25(22)27)15-28(34)26-16-24(26)21-8-10-23(11-9-21)37(35,36)13-12-19-4-2-1-3-5-19/h6-11,14,17-19,24,26H,1-5,12-13,15-16H2/t24?,26-/m1/s1. The number of hydrogen-bond acceptors (Lipinski definition) is 4. The van der Waals surface area contributed by atoms with E-state index in [0.29, 0.717) is 34.6 Å². The van der Waals surface area contributed by atoms with Crippen molar-refractivity contribution in [2.24, 2.45) is 11.8 Å². The number of sulfone groups is 1. The molecule has 4 nitrogen and oxygen atoms in total. The van der Waals surface area contributed by atoms with Gasteiger partial charge in [0.15, 0.2) is 9.84 Å². The fourth-order valence-electron chi connectivity index (χ4n) is 5.64. The molecule has 0 spiro atoms. The zero-order valence-electron chi connectivity index (χ0n) is 20.5. The number of aromatic nitrogens is 1. The van der Waals surface area contributed by atoms with Crippen LogP contribution in [0, 0.1) is 11.8 Å². The Morgan fingerprint density at radius 1 is 0.973 bits per heavy atom. The van der Waals surface area contributed by atoms with Crippen LogP contribution in [0.25, 0.3) is 10.8 Å². The molecule has 0 aliphatic heterocycles. The predicted octanol–water partition coefficient (Wildman–Crippen LogP) is 6.91. The van der Waals surface area contributed by atoms with E-state index in [2.05, 4.69) is 4.98 Å². The lowest BCUT2D eigenvalue weighted by Crippen LogP contribution is -2.14. The molecule has 37 heavy (non-hydrogen) atoms. The fourth-order valence-corrected chi connectivity index (χ4v) is 7.07. The van der Waals surface area contributed by atoms with Crippen molar-refractivity contribution in [3.8, 4) is 0 Å². The molecule has 1 heterocycles. The third-order valence-corrected chi connectivity index (χ3v) is 9.66. The highest BCUT2D eigenvalue weighted by Crippen LogP contribution is 2.48. The van der Waals surface area contributed by atoms with Crippen molar-refractivity contribution in [3.05, 3.63) is 71.5 Å². The minimum Gasteiger partial charge on any atom is -0.299 e. The van der Waals surface area contributed by atoms with Gasteiger partial charge >= 0.3 is 6.18 Å². The van der Waals surface area contributed by atoms with Crippen LogP contribution >= 0.6 is 0 Å². The Balaban J connectivity index is 1.21. The third kappa shape index (κ3) is 5.89. The van der Waals surface area contributed by atoms with E-state index < -0.39 is 21.6 Å². The molecule has 2 aliphatic rings. The Bertz CT molecular complexity index is 1390. The summed E-state index contributed by atoms with van der Waals surface area (Å²) in [5.74, 6) is 0.460. The van der Waals surface area contributed by atoms with Gasteiger partial charge in [-0.05, 0) is 59.4 Å². The summed E-state index contributed by atoms with van der Waals surface area (Å²) in [5.41, 5.74) is 0.658. The smallest absolute Gasteiger partial charge is 0.299 e. The second-order valence-electron chi connectivity index (χ2n) is 10.5. The molecule has 0 radical (unpaired) electrons. The molecule has 3 aromatic rings. The van der Waals surface area contributed by atoms with Gasteiger partial charge in [-0.1, -0.05) is 56.4 Å². The van der Waals surface area contributed by atoms with Crippen molar-refractivity contribution in [3.63, 3.8) is 0 Å². The maximum Gasteiger partial charge on any atom is 0.418 e. The number of halogens is 3. The summed E-state index contributed by atoms with van der Waals surface area (Å²) in [7, 11) is -3.34. The molecular weight excluding hydrogens is 499 g/mol. The SMILES string of the molecule is O=C(Cc1ccc2cncc(C(F)(F)F)c2c1)[C@@H]1CC1c1ccc(S(=O)(=O)CCC2CCCCC2)cc1. The molecule has 5 rings (SSSR count). The van der Waals surface area contributed by atoms with Gasteiger partial charge in [0.1, 0.15) is 5.78 Å². The van der Waals surface area contributed by atoms with Crippen molar-refractivity contribution >= 4 is 26.4 Å². The molecule has 2 aromatic carbocycles. The summed E-state index contributed by atoms with van der Waals surface area (Å²) in [6.07, 6.45) is 4.96. The van der Waals surface area contributed by atoms with Gasteiger partial charge in [-0.15, -0.1) is 0 Å². The predicted molar refractivity (Wildman–Crippen MR) is 136 cm³/mol. The summed E-state index contributed by atoms with van der Waals surface area (Å²) in [5, 5.41) is 0.421. The molecule has 196 valence electrons. The summed E-state index contributed by atoms with van der Waals surface area (Å²) < 4.78 is 65.7. The minimum absolute atomic E-state index is 0.0156. The second-order valence-corrected chi connectivity index (χ2v) is 12.6. The molecule has 1 unspecified atom stereocenters. The number of alkyl halides is 3. The average molecular weight is 530 g/mol. The maximum absolute atomic E-state index is 13.4. The lowest BCUT2D eigenvalue weighted by atomic mass is 9.88. The van der Waals surface area contributed by atoms with Crippen molar-refractivity contribution in [2.45, 2.75) is 68.4 Å². The Kier molecular flexibility index (Phi) is 7.14. The molecule has 8 heteroatoms. The number of benzene rings is 2. The van der Waals surface area contributed by atoms with Crippen LogP contribution in [0.15, 0.2) is 59.8 Å². The lowest BCUT2D eigenvalue weighted by Gasteiger charge is -2.21. The van der Waals surface area contributed by atoms with E-state index in [-0.39, 0.29) is 35.2 Å². The Morgan fingerprint density at radius 2 is 1.70 bits per heavy atom. The number of rotatable bonds is 8. The average Bonchev–Trinajstić information content (AvgIpc) is 3.69. The van der Waals surface area contributed by atoms with E-state index in [0.717, 1.165) is 24.6 Å². The van der Waals surface area contributed by atoms with Crippen LogP contribution < -0.4 is 0 Å². The summed E-state index contributed by atoms with van der Waals surface area (Å²) in [6.45, 7) is 0. The minimum atomic E-state index is -4.52. The van der Waals surface area contributed by atoms with E-state index in [1.807, 2.05) is 0 Å². The highest BCUT2D eigenvalue weighted by molar-refractivity contribution is 7.91. The first-order chi connectivity index (χ1) is 17.6. The first kappa shape index (κ1) is 25.9. The maximum atomic E-state index is 13.4. The zero-order chi connectivity index (χ0) is 26.2. The number of hydrogen-bond donors (Lipinski definition) is 0. The van der Waals surface area contributed by atoms with Crippen LogP contribution in [0.4, 0.5) is 13.2 Å². The summed E-state index contributed by atoms with van der Waals surface area (Å²) in [6, 6.07) is 11.5. The monoisotopic (exact) mass is 529 g/mol. The van der Waals surface area contributed by atoms with E-state index in [1.165, 1.54) is 31.5 Å². The normalized spacial score (nSPS) is 20.7.